The van der Waals surface area contributed by atoms with Crippen LogP contribution in [0.5, 0.6) is 0 Å². The SMILES string of the molecule is CC(=O)O[C@H](C)c1ccc2ccc(/C=C/C(C)(C)C(=O)C[C@H](C(=O)N[C@@H](COCC3(C)COC3)C(=O)N3CCC[C@@H](C(=O)OCC(Cl)(Cl)Cl)N3)C(C)C)cc2n1. The van der Waals surface area contributed by atoms with Crippen LogP contribution in [0.2, 0.25) is 0 Å². The number of hydrogen-bond donors (Lipinski definition) is 2. The number of carbonyl (C=O) groups excluding carboxylic acids is 5. The highest BCUT2D eigenvalue weighted by molar-refractivity contribution is 6.67. The van der Waals surface area contributed by atoms with Crippen LogP contribution >= 0.6 is 34.8 Å². The molecule has 0 unspecified atom stereocenters. The molecule has 2 fully saturated rings. The van der Waals surface area contributed by atoms with Crippen molar-refractivity contribution in [1.29, 1.82) is 0 Å². The number of amides is 2. The Bertz CT molecular complexity index is 1780. The van der Waals surface area contributed by atoms with E-state index >= 15 is 0 Å². The van der Waals surface area contributed by atoms with Gasteiger partial charge in [0.1, 0.15) is 30.6 Å². The minimum absolute atomic E-state index is 0.0756. The lowest BCUT2D eigenvalue weighted by atomic mass is 9.79. The van der Waals surface area contributed by atoms with Gasteiger partial charge in [0.15, 0.2) is 0 Å². The summed E-state index contributed by atoms with van der Waals surface area (Å²) in [6.45, 7) is 13.4. The maximum absolute atomic E-state index is 14.0. The van der Waals surface area contributed by atoms with Gasteiger partial charge in [-0.15, -0.1) is 0 Å². The number of hydrogen-bond acceptors (Lipinski definition) is 11. The maximum atomic E-state index is 14.0. The molecule has 2 aliphatic rings. The molecule has 4 atom stereocenters. The number of fused-ring (bicyclic) bond motifs is 1. The summed E-state index contributed by atoms with van der Waals surface area (Å²) in [7, 11) is 0. The molecule has 2 aromatic rings. The summed E-state index contributed by atoms with van der Waals surface area (Å²) in [6.07, 6.45) is 3.92. The molecule has 0 saturated carbocycles. The van der Waals surface area contributed by atoms with Crippen LogP contribution in [0, 0.1) is 22.7 Å². The molecule has 1 aromatic carbocycles. The Labute approximate surface area is 343 Å². The number of aromatic nitrogens is 1. The van der Waals surface area contributed by atoms with Crippen LogP contribution in [0.25, 0.3) is 17.0 Å². The summed E-state index contributed by atoms with van der Waals surface area (Å²) in [5.74, 6) is -3.23. The van der Waals surface area contributed by atoms with Gasteiger partial charge in [0.2, 0.25) is 9.70 Å². The van der Waals surface area contributed by atoms with Crippen molar-refractivity contribution in [3.05, 3.63) is 47.7 Å². The fourth-order valence-corrected chi connectivity index (χ4v) is 6.41. The molecule has 308 valence electrons. The van der Waals surface area contributed by atoms with Crippen LogP contribution in [-0.4, -0.2) is 95.0 Å². The van der Waals surface area contributed by atoms with Crippen LogP contribution in [-0.2, 0) is 42.9 Å². The fourth-order valence-electron chi connectivity index (χ4n) is 6.25. The lowest BCUT2D eigenvalue weighted by Gasteiger charge is -2.38. The van der Waals surface area contributed by atoms with Crippen LogP contribution in [0.4, 0.5) is 0 Å². The lowest BCUT2D eigenvalue weighted by Crippen LogP contribution is -2.61. The first-order valence-electron chi connectivity index (χ1n) is 18.7. The van der Waals surface area contributed by atoms with E-state index < -0.39 is 63.7 Å². The van der Waals surface area contributed by atoms with E-state index in [1.54, 1.807) is 26.8 Å². The second kappa shape index (κ2) is 19.4. The Morgan fingerprint density at radius 3 is 2.43 bits per heavy atom. The number of rotatable bonds is 17. The average Bonchev–Trinajstić information content (AvgIpc) is 3.12. The molecule has 3 heterocycles. The first kappa shape index (κ1) is 45.4. The average molecular weight is 840 g/mol. The second-order valence-electron chi connectivity index (χ2n) is 15.9. The van der Waals surface area contributed by atoms with Crippen molar-refractivity contribution < 1.29 is 42.9 Å². The zero-order chi connectivity index (χ0) is 41.4. The molecule has 0 aliphatic carbocycles. The topological polar surface area (TPSA) is 162 Å². The van der Waals surface area contributed by atoms with Crippen molar-refractivity contribution >= 4 is 81.3 Å². The number of benzene rings is 1. The quantitative estimate of drug-likeness (QED) is 0.140. The van der Waals surface area contributed by atoms with Crippen molar-refractivity contribution in [2.24, 2.45) is 22.7 Å². The highest BCUT2D eigenvalue weighted by atomic mass is 35.6. The van der Waals surface area contributed by atoms with Crippen LogP contribution in [0.3, 0.4) is 0 Å². The van der Waals surface area contributed by atoms with Gasteiger partial charge in [-0.25, -0.2) is 10.4 Å². The van der Waals surface area contributed by atoms with Gasteiger partial charge in [-0.1, -0.05) is 85.9 Å². The van der Waals surface area contributed by atoms with Gasteiger partial charge >= 0.3 is 11.9 Å². The molecule has 0 bridgehead atoms. The van der Waals surface area contributed by atoms with Gasteiger partial charge in [0.25, 0.3) is 5.91 Å². The number of halogens is 3. The summed E-state index contributed by atoms with van der Waals surface area (Å²) >= 11 is 17.2. The number of ether oxygens (including phenoxy) is 4. The Morgan fingerprint density at radius 2 is 1.80 bits per heavy atom. The largest absolute Gasteiger partial charge is 0.460 e. The maximum Gasteiger partial charge on any atom is 0.325 e. The number of Topliss-reactive ketones (excluding diaryl/α,β-unsaturated/α-hetero) is 1. The fraction of sp³-hybridized carbons (Fsp3) is 0.600. The highest BCUT2D eigenvalue weighted by Gasteiger charge is 2.39. The van der Waals surface area contributed by atoms with E-state index in [4.69, 9.17) is 53.8 Å². The number of nitrogens with zero attached hydrogens (tertiary/aromatic N) is 2. The standard InChI is InChI=1S/C40H53Cl3N4O9/c1-24(2)29(18-34(49)38(5,6)15-14-27-10-11-28-12-13-30(44-32(28)17-27)25(3)56-26(4)48)35(50)45-33(19-53-20-39(7)21-54-22-39)36(51)47-16-8-9-31(46-47)37(52)55-23-40(41,42)43/h10-15,17,24-25,29,31,33,46H,8-9,16,18-23H2,1-7H3,(H,45,50)/b15-14+/t25-,29+,31+,33+/m1/s1. The molecular formula is C40H53Cl3N4O9. The van der Waals surface area contributed by atoms with E-state index in [2.05, 4.69) is 15.7 Å². The Hall–Kier alpha value is -3.33. The molecule has 13 nitrogen and oxygen atoms in total. The van der Waals surface area contributed by atoms with Crippen molar-refractivity contribution in [2.75, 3.05) is 39.6 Å². The van der Waals surface area contributed by atoms with E-state index in [1.807, 2.05) is 57.2 Å². The molecule has 16 heteroatoms. The first-order valence-corrected chi connectivity index (χ1v) is 19.9. The zero-order valence-corrected chi connectivity index (χ0v) is 35.3. The summed E-state index contributed by atoms with van der Waals surface area (Å²) in [4.78, 5) is 70.6. The minimum Gasteiger partial charge on any atom is -0.460 e. The third-order valence-electron chi connectivity index (χ3n) is 9.82. The third kappa shape index (κ3) is 13.1. The van der Waals surface area contributed by atoms with Crippen molar-refractivity contribution in [3.63, 3.8) is 0 Å². The summed E-state index contributed by atoms with van der Waals surface area (Å²) in [5, 5.41) is 5.05. The highest BCUT2D eigenvalue weighted by Crippen LogP contribution is 2.30. The summed E-state index contributed by atoms with van der Waals surface area (Å²) < 4.78 is 19.9. The van der Waals surface area contributed by atoms with Crippen molar-refractivity contribution in [3.8, 4) is 0 Å². The molecular weight excluding hydrogens is 787 g/mol. The lowest BCUT2D eigenvalue weighted by molar-refractivity contribution is -0.156. The number of allylic oxidation sites excluding steroid dienone is 1. The Balaban J connectivity index is 1.45. The summed E-state index contributed by atoms with van der Waals surface area (Å²) in [5.41, 5.74) is 3.89. The van der Waals surface area contributed by atoms with E-state index in [-0.39, 0.29) is 36.7 Å². The Kier molecular flexibility index (Phi) is 15.7. The predicted octanol–water partition coefficient (Wildman–Crippen LogP) is 6.08. The van der Waals surface area contributed by atoms with Crippen LogP contribution in [0.1, 0.15) is 85.1 Å². The summed E-state index contributed by atoms with van der Waals surface area (Å²) in [6, 6.07) is 7.47. The number of esters is 2. The number of hydrazine groups is 1. The smallest absolute Gasteiger partial charge is 0.325 e. The zero-order valence-electron chi connectivity index (χ0n) is 33.0. The van der Waals surface area contributed by atoms with Gasteiger partial charge in [-0.05, 0) is 57.2 Å². The van der Waals surface area contributed by atoms with Crippen LogP contribution < -0.4 is 10.7 Å². The van der Waals surface area contributed by atoms with E-state index in [0.717, 1.165) is 10.9 Å². The van der Waals surface area contributed by atoms with Crippen LogP contribution in [0.15, 0.2) is 36.4 Å². The molecule has 0 spiro atoms. The van der Waals surface area contributed by atoms with E-state index in [0.29, 0.717) is 43.9 Å². The van der Waals surface area contributed by atoms with Crippen molar-refractivity contribution in [1.82, 2.24) is 20.7 Å². The number of carbonyl (C=O) groups is 5. The van der Waals surface area contributed by atoms with Crippen molar-refractivity contribution in [2.45, 2.75) is 89.7 Å². The number of nitrogens with one attached hydrogen (secondary N) is 2. The molecule has 1 aromatic heterocycles. The predicted molar refractivity (Wildman–Crippen MR) is 213 cm³/mol. The Morgan fingerprint density at radius 1 is 1.11 bits per heavy atom. The first-order chi connectivity index (χ1) is 26.2. The normalized spacial score (nSPS) is 18.9. The molecule has 4 rings (SSSR count). The van der Waals surface area contributed by atoms with Gasteiger partial charge in [0, 0.05) is 42.0 Å². The monoisotopic (exact) mass is 838 g/mol. The second-order valence-corrected chi connectivity index (χ2v) is 18.4. The van der Waals surface area contributed by atoms with Gasteiger partial charge in [0.05, 0.1) is 37.6 Å². The molecule has 56 heavy (non-hydrogen) atoms. The van der Waals surface area contributed by atoms with E-state index in [9.17, 15) is 24.0 Å². The van der Waals surface area contributed by atoms with E-state index in [1.165, 1.54) is 11.9 Å². The molecule has 2 amide bonds. The molecule has 0 radical (unpaired) electrons. The third-order valence-corrected chi connectivity index (χ3v) is 10.1. The molecule has 2 aliphatic heterocycles. The number of ketones is 1. The number of pyridine rings is 1. The number of alkyl halides is 3. The van der Waals surface area contributed by atoms with Gasteiger partial charge < -0.3 is 24.3 Å². The van der Waals surface area contributed by atoms with Gasteiger partial charge in [-0.3, -0.25) is 29.0 Å². The molecule has 2 saturated heterocycles. The minimum atomic E-state index is -1.79. The molecule has 2 N–H and O–H groups in total. The van der Waals surface area contributed by atoms with Gasteiger partial charge in [-0.2, -0.15) is 0 Å².